The molecule has 1 aromatic carbocycles. The van der Waals surface area contributed by atoms with E-state index in [1.54, 1.807) is 0 Å². The van der Waals surface area contributed by atoms with E-state index in [2.05, 4.69) is 20.4 Å². The van der Waals surface area contributed by atoms with E-state index < -0.39 is 0 Å². The molecule has 0 saturated heterocycles. The summed E-state index contributed by atoms with van der Waals surface area (Å²) >= 11 is 0. The summed E-state index contributed by atoms with van der Waals surface area (Å²) in [6.45, 7) is 15.7. The molecule has 2 heteroatoms. The first-order chi connectivity index (χ1) is 8.80. The molecule has 1 rings (SSSR count). The third-order valence-electron chi connectivity index (χ3n) is 2.78. The molecule has 0 spiro atoms. The van der Waals surface area contributed by atoms with E-state index in [1.165, 1.54) is 0 Å². The molecule has 0 amide bonds. The summed E-state index contributed by atoms with van der Waals surface area (Å²) in [7, 11) is 0. The van der Waals surface area contributed by atoms with Crippen molar-refractivity contribution in [2.75, 3.05) is 13.2 Å². The van der Waals surface area contributed by atoms with Crippen molar-refractivity contribution < 1.29 is 9.47 Å². The Morgan fingerprint density at radius 1 is 1.16 bits per heavy atom. The molecule has 0 radical (unpaired) electrons. The molecule has 2 nitrogen and oxygen atoms in total. The molecule has 0 aromatic heterocycles. The van der Waals surface area contributed by atoms with Crippen LogP contribution in [0.3, 0.4) is 0 Å². The van der Waals surface area contributed by atoms with Crippen molar-refractivity contribution in [3.05, 3.63) is 36.4 Å². The number of benzene rings is 1. The lowest BCUT2D eigenvalue weighted by atomic mass is 9.96. The van der Waals surface area contributed by atoms with Crippen LogP contribution in [0, 0.1) is 5.41 Å². The van der Waals surface area contributed by atoms with Gasteiger partial charge in [0.05, 0.1) is 19.3 Å². The van der Waals surface area contributed by atoms with Gasteiger partial charge in [-0.1, -0.05) is 38.1 Å². The van der Waals surface area contributed by atoms with Gasteiger partial charge in [-0.2, -0.15) is 0 Å². The van der Waals surface area contributed by atoms with Gasteiger partial charge in [0.2, 0.25) is 0 Å². The SMILES string of the molecule is C=C(C)c1ccc(OCC(C)(C)COC(C)C)cc1. The molecule has 0 heterocycles. The van der Waals surface area contributed by atoms with Crippen LogP contribution in [0.1, 0.15) is 40.2 Å². The normalized spacial score (nSPS) is 11.7. The molecule has 0 unspecified atom stereocenters. The van der Waals surface area contributed by atoms with Crippen molar-refractivity contribution in [1.29, 1.82) is 0 Å². The number of hydrogen-bond acceptors (Lipinski definition) is 2. The van der Waals surface area contributed by atoms with Gasteiger partial charge in [-0.3, -0.25) is 0 Å². The zero-order valence-corrected chi connectivity index (χ0v) is 12.8. The largest absolute Gasteiger partial charge is 0.493 e. The number of hydrogen-bond donors (Lipinski definition) is 0. The van der Waals surface area contributed by atoms with Gasteiger partial charge in [0, 0.05) is 5.41 Å². The maximum Gasteiger partial charge on any atom is 0.119 e. The molecule has 19 heavy (non-hydrogen) atoms. The van der Waals surface area contributed by atoms with E-state index in [0.29, 0.717) is 13.2 Å². The minimum absolute atomic E-state index is 0.0112. The number of ether oxygens (including phenoxy) is 2. The summed E-state index contributed by atoms with van der Waals surface area (Å²) < 4.78 is 11.5. The Labute approximate surface area is 117 Å². The van der Waals surface area contributed by atoms with Crippen molar-refractivity contribution in [3.63, 3.8) is 0 Å². The van der Waals surface area contributed by atoms with Crippen LogP contribution in [-0.4, -0.2) is 19.3 Å². The molecule has 0 bridgehead atoms. The van der Waals surface area contributed by atoms with Crippen LogP contribution >= 0.6 is 0 Å². The Bertz CT molecular complexity index is 402. The lowest BCUT2D eigenvalue weighted by molar-refractivity contribution is 0.00238. The van der Waals surface area contributed by atoms with E-state index in [4.69, 9.17) is 9.47 Å². The maximum absolute atomic E-state index is 5.83. The zero-order chi connectivity index (χ0) is 14.5. The maximum atomic E-state index is 5.83. The van der Waals surface area contributed by atoms with E-state index in [1.807, 2.05) is 45.0 Å². The van der Waals surface area contributed by atoms with Crippen LogP contribution in [0.2, 0.25) is 0 Å². The van der Waals surface area contributed by atoms with Crippen LogP contribution < -0.4 is 4.74 Å². The summed E-state index contributed by atoms with van der Waals surface area (Å²) in [6.07, 6.45) is 0.258. The van der Waals surface area contributed by atoms with Gasteiger partial charge in [-0.15, -0.1) is 0 Å². The zero-order valence-electron chi connectivity index (χ0n) is 12.8. The van der Waals surface area contributed by atoms with Crippen molar-refractivity contribution in [1.82, 2.24) is 0 Å². The third-order valence-corrected chi connectivity index (χ3v) is 2.78. The molecule has 0 atom stereocenters. The second-order valence-corrected chi connectivity index (χ2v) is 6.12. The Balaban J connectivity index is 2.49. The molecule has 106 valence electrons. The quantitative estimate of drug-likeness (QED) is 0.717. The second-order valence-electron chi connectivity index (χ2n) is 6.12. The molecule has 0 saturated carbocycles. The van der Waals surface area contributed by atoms with Gasteiger partial charge >= 0.3 is 0 Å². The van der Waals surface area contributed by atoms with E-state index in [-0.39, 0.29) is 11.5 Å². The van der Waals surface area contributed by atoms with Crippen LogP contribution in [0.4, 0.5) is 0 Å². The van der Waals surface area contributed by atoms with Crippen LogP contribution in [-0.2, 0) is 4.74 Å². The fourth-order valence-corrected chi connectivity index (χ4v) is 1.55. The average molecular weight is 262 g/mol. The first kappa shape index (κ1) is 15.8. The van der Waals surface area contributed by atoms with Gasteiger partial charge in [0.15, 0.2) is 0 Å². The molecule has 0 N–H and O–H groups in total. The van der Waals surface area contributed by atoms with Crippen molar-refractivity contribution in [2.24, 2.45) is 5.41 Å². The van der Waals surface area contributed by atoms with E-state index >= 15 is 0 Å². The standard InChI is InChI=1S/C17H26O2/c1-13(2)15-7-9-16(10-8-15)19-12-17(5,6)11-18-14(3)4/h7-10,14H,1,11-12H2,2-6H3. The van der Waals surface area contributed by atoms with Gasteiger partial charge in [-0.25, -0.2) is 0 Å². The molecule has 0 aliphatic heterocycles. The van der Waals surface area contributed by atoms with Gasteiger partial charge < -0.3 is 9.47 Å². The number of allylic oxidation sites excluding steroid dienone is 1. The third kappa shape index (κ3) is 5.93. The summed E-state index contributed by atoms with van der Waals surface area (Å²) in [5.41, 5.74) is 2.23. The Morgan fingerprint density at radius 3 is 2.21 bits per heavy atom. The van der Waals surface area contributed by atoms with Crippen LogP contribution in [0.25, 0.3) is 5.57 Å². The van der Waals surface area contributed by atoms with E-state index in [9.17, 15) is 0 Å². The van der Waals surface area contributed by atoms with Gasteiger partial charge in [-0.05, 0) is 38.5 Å². The Kier molecular flexibility index (Phi) is 5.61. The summed E-state index contributed by atoms with van der Waals surface area (Å²) in [5, 5.41) is 0. The van der Waals surface area contributed by atoms with Crippen molar-refractivity contribution >= 4 is 5.57 Å². The summed E-state index contributed by atoms with van der Waals surface area (Å²) in [6, 6.07) is 8.05. The predicted molar refractivity (Wildman–Crippen MR) is 81.5 cm³/mol. The highest BCUT2D eigenvalue weighted by molar-refractivity contribution is 5.61. The first-order valence-corrected chi connectivity index (χ1v) is 6.80. The summed E-state index contributed by atoms with van der Waals surface area (Å²) in [5.74, 6) is 0.891. The van der Waals surface area contributed by atoms with E-state index in [0.717, 1.165) is 16.9 Å². The summed E-state index contributed by atoms with van der Waals surface area (Å²) in [4.78, 5) is 0. The monoisotopic (exact) mass is 262 g/mol. The van der Waals surface area contributed by atoms with Crippen molar-refractivity contribution in [2.45, 2.75) is 40.7 Å². The predicted octanol–water partition coefficient (Wildman–Crippen LogP) is 4.55. The highest BCUT2D eigenvalue weighted by Crippen LogP contribution is 2.21. The molecular formula is C17H26O2. The van der Waals surface area contributed by atoms with Crippen molar-refractivity contribution in [3.8, 4) is 5.75 Å². The van der Waals surface area contributed by atoms with Gasteiger partial charge in [0.1, 0.15) is 5.75 Å². The minimum Gasteiger partial charge on any atom is -0.493 e. The first-order valence-electron chi connectivity index (χ1n) is 6.80. The topological polar surface area (TPSA) is 18.5 Å². The lowest BCUT2D eigenvalue weighted by Crippen LogP contribution is -2.28. The average Bonchev–Trinajstić information content (AvgIpc) is 2.35. The highest BCUT2D eigenvalue weighted by atomic mass is 16.5. The fraction of sp³-hybridized carbons (Fsp3) is 0.529. The lowest BCUT2D eigenvalue weighted by Gasteiger charge is -2.25. The highest BCUT2D eigenvalue weighted by Gasteiger charge is 2.20. The van der Waals surface area contributed by atoms with Gasteiger partial charge in [0.25, 0.3) is 0 Å². The number of rotatable bonds is 7. The van der Waals surface area contributed by atoms with Crippen LogP contribution in [0.5, 0.6) is 5.75 Å². The molecule has 1 aromatic rings. The molecular weight excluding hydrogens is 236 g/mol. The Hall–Kier alpha value is -1.28. The van der Waals surface area contributed by atoms with Crippen LogP contribution in [0.15, 0.2) is 30.8 Å². The fourth-order valence-electron chi connectivity index (χ4n) is 1.55. The molecule has 0 aliphatic rings. The minimum atomic E-state index is 0.0112. The molecule has 0 aliphatic carbocycles. The Morgan fingerprint density at radius 2 is 1.74 bits per heavy atom. The smallest absolute Gasteiger partial charge is 0.119 e. The molecule has 0 fully saturated rings. The second kappa shape index (κ2) is 6.76.